The van der Waals surface area contributed by atoms with Crippen LogP contribution < -0.4 is 20.7 Å². The summed E-state index contributed by atoms with van der Waals surface area (Å²) in [4.78, 5) is 24.6. The number of carbonyl (C=O) groups is 2. The first-order valence-corrected chi connectivity index (χ1v) is 10.6. The van der Waals surface area contributed by atoms with E-state index in [0.29, 0.717) is 35.4 Å². The normalized spacial score (nSPS) is 18.4. The third-order valence-electron chi connectivity index (χ3n) is 5.17. The van der Waals surface area contributed by atoms with Gasteiger partial charge in [0.2, 0.25) is 5.91 Å². The summed E-state index contributed by atoms with van der Waals surface area (Å²) in [6.45, 7) is 5.99. The van der Waals surface area contributed by atoms with Gasteiger partial charge in [0.1, 0.15) is 17.3 Å². The molecule has 3 N–H and O–H groups in total. The average Bonchev–Trinajstić information content (AvgIpc) is 3.42. The first-order valence-electron chi connectivity index (χ1n) is 10.6. The van der Waals surface area contributed by atoms with Gasteiger partial charge in [-0.15, -0.1) is 0 Å². The number of benzene rings is 1. The van der Waals surface area contributed by atoms with Crippen LogP contribution in [0.1, 0.15) is 45.0 Å². The lowest BCUT2D eigenvalue weighted by Gasteiger charge is -2.30. The summed E-state index contributed by atoms with van der Waals surface area (Å²) in [5.41, 5.74) is 1.73. The summed E-state index contributed by atoms with van der Waals surface area (Å²) in [5.74, 6) is 1.56. The van der Waals surface area contributed by atoms with Gasteiger partial charge in [-0.2, -0.15) is 5.10 Å². The van der Waals surface area contributed by atoms with E-state index >= 15 is 0 Å². The number of aromatic nitrogens is 2. The Morgan fingerprint density at radius 3 is 2.75 bits per heavy atom. The first-order chi connectivity index (χ1) is 15.4. The second kappa shape index (κ2) is 9.27. The van der Waals surface area contributed by atoms with E-state index in [1.54, 1.807) is 24.5 Å². The number of carbonyl (C=O) groups excluding carboxylic acids is 2. The number of anilines is 1. The lowest BCUT2D eigenvalue weighted by atomic mass is 10.0. The molecule has 9 nitrogen and oxygen atoms in total. The number of nitrogens with zero attached hydrogens (tertiary/aromatic N) is 2. The van der Waals surface area contributed by atoms with Gasteiger partial charge in [-0.25, -0.2) is 4.68 Å². The fraction of sp³-hybridized carbons (Fsp3) is 0.348. The van der Waals surface area contributed by atoms with Gasteiger partial charge in [-0.1, -0.05) is 26.0 Å². The van der Waals surface area contributed by atoms with Crippen molar-refractivity contribution in [2.24, 2.45) is 0 Å². The lowest BCUT2D eigenvalue weighted by molar-refractivity contribution is -0.125. The third-order valence-corrected chi connectivity index (χ3v) is 5.17. The second-order valence-electron chi connectivity index (χ2n) is 8.14. The maximum atomic E-state index is 12.6. The third kappa shape index (κ3) is 5.00. The van der Waals surface area contributed by atoms with Crippen LogP contribution in [0.15, 0.2) is 53.1 Å². The zero-order valence-corrected chi connectivity index (χ0v) is 18.3. The molecule has 9 heteroatoms. The smallest absolute Gasteiger partial charge is 0.263 e. The number of hydrogen-bond donors (Lipinski definition) is 3. The highest BCUT2D eigenvalue weighted by molar-refractivity contribution is 5.91. The largest absolute Gasteiger partial charge is 0.484 e. The van der Waals surface area contributed by atoms with Crippen LogP contribution in [-0.4, -0.2) is 34.2 Å². The van der Waals surface area contributed by atoms with E-state index in [2.05, 4.69) is 34.9 Å². The van der Waals surface area contributed by atoms with Crippen molar-refractivity contribution >= 4 is 17.6 Å². The molecule has 1 aromatic carbocycles. The Bertz CT molecular complexity index is 1070. The molecule has 1 aliphatic rings. The zero-order valence-electron chi connectivity index (χ0n) is 18.3. The van der Waals surface area contributed by atoms with Gasteiger partial charge in [0.25, 0.3) is 5.91 Å². The van der Waals surface area contributed by atoms with Gasteiger partial charge in [-0.05, 0) is 42.7 Å². The summed E-state index contributed by atoms with van der Waals surface area (Å²) < 4.78 is 12.6. The topological polar surface area (TPSA) is 110 Å². The minimum atomic E-state index is -0.602. The van der Waals surface area contributed by atoms with E-state index in [0.717, 1.165) is 0 Å². The van der Waals surface area contributed by atoms with Crippen molar-refractivity contribution in [1.29, 1.82) is 0 Å². The van der Waals surface area contributed by atoms with Crippen LogP contribution in [0, 0.1) is 0 Å². The predicted molar refractivity (Wildman–Crippen MR) is 119 cm³/mol. The van der Waals surface area contributed by atoms with E-state index in [4.69, 9.17) is 9.15 Å². The van der Waals surface area contributed by atoms with Crippen LogP contribution in [0.4, 0.5) is 5.82 Å². The molecule has 2 unspecified atom stereocenters. The summed E-state index contributed by atoms with van der Waals surface area (Å²) in [6, 6.07) is 12.9. The molecule has 3 aromatic rings. The van der Waals surface area contributed by atoms with Crippen LogP contribution in [-0.2, 0) is 9.59 Å². The van der Waals surface area contributed by atoms with Crippen molar-refractivity contribution in [2.75, 3.05) is 11.9 Å². The molecule has 2 atom stereocenters. The number of rotatable bonds is 7. The summed E-state index contributed by atoms with van der Waals surface area (Å²) in [5, 5.41) is 13.5. The van der Waals surface area contributed by atoms with Crippen molar-refractivity contribution in [2.45, 2.75) is 45.4 Å². The quantitative estimate of drug-likeness (QED) is 0.523. The van der Waals surface area contributed by atoms with E-state index in [1.807, 2.05) is 31.2 Å². The Morgan fingerprint density at radius 1 is 1.31 bits per heavy atom. The molecule has 0 radical (unpaired) electrons. The number of nitrogens with one attached hydrogen (secondary N) is 3. The Kier molecular flexibility index (Phi) is 6.27. The summed E-state index contributed by atoms with van der Waals surface area (Å²) in [6.07, 6.45) is 1.32. The van der Waals surface area contributed by atoms with Gasteiger partial charge in [0, 0.05) is 18.5 Å². The van der Waals surface area contributed by atoms with Crippen molar-refractivity contribution in [3.63, 3.8) is 0 Å². The zero-order chi connectivity index (χ0) is 22.7. The maximum Gasteiger partial charge on any atom is 0.263 e. The Balaban J connectivity index is 1.48. The number of furan rings is 1. The Hall–Kier alpha value is -3.59. The molecule has 1 fully saturated rings. The molecular formula is C23H27N5O4. The van der Waals surface area contributed by atoms with E-state index in [9.17, 15) is 9.59 Å². The molecule has 0 spiro atoms. The van der Waals surface area contributed by atoms with Gasteiger partial charge in [0.05, 0.1) is 6.26 Å². The first kappa shape index (κ1) is 21.6. The van der Waals surface area contributed by atoms with Crippen LogP contribution >= 0.6 is 0 Å². The molecule has 0 bridgehead atoms. The van der Waals surface area contributed by atoms with Gasteiger partial charge in [0.15, 0.2) is 18.7 Å². The Labute approximate surface area is 186 Å². The molecule has 1 saturated heterocycles. The van der Waals surface area contributed by atoms with Crippen LogP contribution in [0.3, 0.4) is 0 Å². The van der Waals surface area contributed by atoms with Crippen molar-refractivity contribution in [3.05, 3.63) is 54.3 Å². The van der Waals surface area contributed by atoms with E-state index in [-0.39, 0.29) is 24.5 Å². The fourth-order valence-corrected chi connectivity index (χ4v) is 3.50. The minimum absolute atomic E-state index is 0.0364. The molecule has 0 aliphatic carbocycles. The molecule has 4 rings (SSSR count). The monoisotopic (exact) mass is 437 g/mol. The Morgan fingerprint density at radius 2 is 2.09 bits per heavy atom. The van der Waals surface area contributed by atoms with Crippen LogP contribution in [0.5, 0.6) is 5.75 Å². The molecule has 2 amide bonds. The van der Waals surface area contributed by atoms with Crippen molar-refractivity contribution < 1.29 is 18.7 Å². The fourth-order valence-electron chi connectivity index (χ4n) is 3.50. The van der Waals surface area contributed by atoms with E-state index in [1.165, 1.54) is 10.2 Å². The molecule has 3 heterocycles. The van der Waals surface area contributed by atoms with Gasteiger partial charge >= 0.3 is 0 Å². The second-order valence-corrected chi connectivity index (χ2v) is 8.14. The summed E-state index contributed by atoms with van der Waals surface area (Å²) >= 11 is 0. The highest BCUT2D eigenvalue weighted by Crippen LogP contribution is 2.25. The van der Waals surface area contributed by atoms with Crippen molar-refractivity contribution in [1.82, 2.24) is 20.4 Å². The molecule has 32 heavy (non-hydrogen) atoms. The lowest BCUT2D eigenvalue weighted by Crippen LogP contribution is -2.52. The highest BCUT2D eigenvalue weighted by atomic mass is 16.5. The number of amides is 2. The standard InChI is InChI=1S/C23H27N5O4/c1-14(2)16-6-8-17(9-7-16)32-13-22(30)25-20-12-18(19-5-4-10-31-19)27-28(20)23-24-15(3)11-21(29)26-23/h4-10,12,14-15,23-24H,11,13H2,1-3H3,(H,25,30)(H,26,29). The number of ether oxygens (including phenoxy) is 1. The summed E-state index contributed by atoms with van der Waals surface area (Å²) in [7, 11) is 0. The van der Waals surface area contributed by atoms with Crippen molar-refractivity contribution in [3.8, 4) is 17.2 Å². The molecule has 168 valence electrons. The molecular weight excluding hydrogens is 410 g/mol. The van der Waals surface area contributed by atoms with Crippen LogP contribution in [0.25, 0.3) is 11.5 Å². The van der Waals surface area contributed by atoms with E-state index < -0.39 is 6.29 Å². The SMILES string of the molecule is CC1CC(=O)NC(n2nc(-c3ccco3)cc2NC(=O)COc2ccc(C(C)C)cc2)N1. The van der Waals surface area contributed by atoms with Gasteiger partial charge in [-0.3, -0.25) is 14.9 Å². The highest BCUT2D eigenvalue weighted by Gasteiger charge is 2.27. The maximum absolute atomic E-state index is 12.6. The minimum Gasteiger partial charge on any atom is -0.484 e. The molecule has 2 aromatic heterocycles. The van der Waals surface area contributed by atoms with Crippen LogP contribution in [0.2, 0.25) is 0 Å². The molecule has 1 aliphatic heterocycles. The van der Waals surface area contributed by atoms with Gasteiger partial charge < -0.3 is 19.8 Å². The average molecular weight is 438 g/mol. The predicted octanol–water partition coefficient (Wildman–Crippen LogP) is 3.24. The molecule has 0 saturated carbocycles. The number of hydrogen-bond acceptors (Lipinski definition) is 6.